The molecule has 0 unspecified atom stereocenters. The monoisotopic (exact) mass is 364 g/mol. The molecule has 2 N–H and O–H groups in total. The maximum Gasteiger partial charge on any atom is 0.228 e. The molecular formula is C19H16N4O2S. The molecule has 0 aliphatic heterocycles. The fourth-order valence-corrected chi connectivity index (χ4v) is 3.28. The number of fused-ring (bicyclic) bond motifs is 1. The lowest BCUT2D eigenvalue weighted by Gasteiger charge is -2.06. The summed E-state index contributed by atoms with van der Waals surface area (Å²) in [6.07, 6.45) is 2.03. The van der Waals surface area contributed by atoms with Gasteiger partial charge in [-0.15, -0.1) is 11.3 Å². The van der Waals surface area contributed by atoms with E-state index in [1.165, 1.54) is 11.3 Å². The highest BCUT2D eigenvalue weighted by Crippen LogP contribution is 2.24. The van der Waals surface area contributed by atoms with Crippen LogP contribution in [0.2, 0.25) is 0 Å². The Hall–Kier alpha value is -3.19. The third-order valence-corrected chi connectivity index (χ3v) is 4.68. The number of carbonyl (C=O) groups excluding carboxylic acids is 1. The van der Waals surface area contributed by atoms with Crippen LogP contribution in [0, 0.1) is 0 Å². The molecule has 0 spiro atoms. The minimum Gasteiger partial charge on any atom is -0.497 e. The van der Waals surface area contributed by atoms with Crippen LogP contribution < -0.4 is 10.1 Å². The third-order valence-electron chi connectivity index (χ3n) is 3.90. The number of thiazole rings is 1. The molecule has 2 aromatic heterocycles. The zero-order valence-electron chi connectivity index (χ0n) is 14.0. The molecule has 7 heteroatoms. The van der Waals surface area contributed by atoms with E-state index in [1.807, 2.05) is 47.8 Å². The fourth-order valence-electron chi connectivity index (χ4n) is 2.70. The zero-order chi connectivity index (χ0) is 17.9. The van der Waals surface area contributed by atoms with Gasteiger partial charge in [0.05, 0.1) is 24.6 Å². The zero-order valence-corrected chi connectivity index (χ0v) is 14.8. The van der Waals surface area contributed by atoms with Crippen molar-refractivity contribution in [3.05, 3.63) is 59.6 Å². The van der Waals surface area contributed by atoms with Crippen molar-refractivity contribution in [2.75, 3.05) is 12.4 Å². The molecule has 0 fully saturated rings. The first-order chi connectivity index (χ1) is 12.7. The van der Waals surface area contributed by atoms with E-state index in [-0.39, 0.29) is 12.3 Å². The molecule has 2 aromatic carbocycles. The number of ether oxygens (including phenoxy) is 1. The number of nitrogens with zero attached hydrogens (tertiary/aromatic N) is 2. The predicted octanol–water partition coefficient (Wildman–Crippen LogP) is 3.88. The van der Waals surface area contributed by atoms with Crippen molar-refractivity contribution in [1.82, 2.24) is 15.0 Å². The van der Waals surface area contributed by atoms with E-state index in [0.717, 1.165) is 38.9 Å². The third kappa shape index (κ3) is 3.43. The average molecular weight is 364 g/mol. The average Bonchev–Trinajstić information content (AvgIpc) is 3.30. The number of methoxy groups -OCH3 is 1. The molecule has 130 valence electrons. The number of nitrogens with one attached hydrogen (secondary N) is 2. The summed E-state index contributed by atoms with van der Waals surface area (Å²) in [6.45, 7) is 0. The van der Waals surface area contributed by atoms with Crippen molar-refractivity contribution < 1.29 is 9.53 Å². The SMILES string of the molecule is COc1cccc(CC(=O)Nc2ccc3nc(-c4nccs4)[nH]c3c2)c1. The molecule has 4 rings (SSSR count). The van der Waals surface area contributed by atoms with Gasteiger partial charge in [0, 0.05) is 17.3 Å². The first kappa shape index (κ1) is 16.3. The highest BCUT2D eigenvalue weighted by molar-refractivity contribution is 7.13. The summed E-state index contributed by atoms with van der Waals surface area (Å²) in [4.78, 5) is 24.4. The van der Waals surface area contributed by atoms with Gasteiger partial charge in [0.1, 0.15) is 5.75 Å². The smallest absolute Gasteiger partial charge is 0.228 e. The van der Waals surface area contributed by atoms with Crippen LogP contribution in [0.1, 0.15) is 5.56 Å². The van der Waals surface area contributed by atoms with Crippen LogP contribution >= 0.6 is 11.3 Å². The van der Waals surface area contributed by atoms with Crippen molar-refractivity contribution >= 4 is 34.0 Å². The van der Waals surface area contributed by atoms with Crippen LogP contribution in [0.4, 0.5) is 5.69 Å². The lowest BCUT2D eigenvalue weighted by Crippen LogP contribution is -2.14. The highest BCUT2D eigenvalue weighted by Gasteiger charge is 2.10. The molecule has 4 aromatic rings. The van der Waals surface area contributed by atoms with Gasteiger partial charge in [-0.3, -0.25) is 4.79 Å². The molecule has 0 aliphatic rings. The maximum atomic E-state index is 12.3. The van der Waals surface area contributed by atoms with Crippen molar-refractivity contribution in [2.45, 2.75) is 6.42 Å². The number of imidazole rings is 1. The number of aromatic amines is 1. The summed E-state index contributed by atoms with van der Waals surface area (Å²) >= 11 is 1.53. The quantitative estimate of drug-likeness (QED) is 0.563. The van der Waals surface area contributed by atoms with Crippen molar-refractivity contribution in [1.29, 1.82) is 0 Å². The number of H-pyrrole nitrogens is 1. The van der Waals surface area contributed by atoms with E-state index >= 15 is 0 Å². The topological polar surface area (TPSA) is 79.9 Å². The second kappa shape index (κ2) is 6.97. The molecule has 0 saturated carbocycles. The lowest BCUT2D eigenvalue weighted by atomic mass is 10.1. The molecule has 0 bridgehead atoms. The minimum absolute atomic E-state index is 0.0859. The molecule has 26 heavy (non-hydrogen) atoms. The molecular weight excluding hydrogens is 348 g/mol. The van der Waals surface area contributed by atoms with E-state index < -0.39 is 0 Å². The minimum atomic E-state index is -0.0859. The van der Waals surface area contributed by atoms with Gasteiger partial charge >= 0.3 is 0 Å². The lowest BCUT2D eigenvalue weighted by molar-refractivity contribution is -0.115. The number of hydrogen-bond acceptors (Lipinski definition) is 5. The van der Waals surface area contributed by atoms with Crippen LogP contribution in [-0.4, -0.2) is 28.0 Å². The van der Waals surface area contributed by atoms with Gasteiger partial charge in [0.25, 0.3) is 0 Å². The van der Waals surface area contributed by atoms with Crippen LogP contribution in [-0.2, 0) is 11.2 Å². The van der Waals surface area contributed by atoms with E-state index in [1.54, 1.807) is 13.3 Å². The van der Waals surface area contributed by atoms with Crippen LogP contribution in [0.5, 0.6) is 5.75 Å². The Labute approximate surface area is 153 Å². The van der Waals surface area contributed by atoms with Gasteiger partial charge < -0.3 is 15.0 Å². The molecule has 6 nitrogen and oxygen atoms in total. The van der Waals surface area contributed by atoms with Gasteiger partial charge in [-0.1, -0.05) is 12.1 Å². The van der Waals surface area contributed by atoms with Crippen molar-refractivity contribution in [3.63, 3.8) is 0 Å². The Kier molecular flexibility index (Phi) is 4.37. The second-order valence-corrected chi connectivity index (χ2v) is 6.63. The Morgan fingerprint density at radius 2 is 2.19 bits per heavy atom. The Morgan fingerprint density at radius 3 is 3.00 bits per heavy atom. The summed E-state index contributed by atoms with van der Waals surface area (Å²) in [6, 6.07) is 13.1. The standard InChI is InChI=1S/C19H16N4O2S/c1-25-14-4-2-3-12(9-14)10-17(24)21-13-5-6-15-16(11-13)23-18(22-15)19-20-7-8-26-19/h2-9,11H,10H2,1H3,(H,21,24)(H,22,23). The molecule has 2 heterocycles. The van der Waals surface area contributed by atoms with Gasteiger partial charge in [0.2, 0.25) is 5.91 Å². The summed E-state index contributed by atoms with van der Waals surface area (Å²) in [7, 11) is 1.61. The first-order valence-electron chi connectivity index (χ1n) is 8.04. The number of benzene rings is 2. The summed E-state index contributed by atoms with van der Waals surface area (Å²) in [5, 5.41) is 5.67. The highest BCUT2D eigenvalue weighted by atomic mass is 32.1. The fraction of sp³-hybridized carbons (Fsp3) is 0.105. The Balaban J connectivity index is 1.50. The molecule has 0 saturated heterocycles. The van der Waals surface area contributed by atoms with E-state index in [2.05, 4.69) is 20.3 Å². The maximum absolute atomic E-state index is 12.3. The van der Waals surface area contributed by atoms with Crippen LogP contribution in [0.15, 0.2) is 54.0 Å². The Bertz CT molecular complexity index is 1060. The number of anilines is 1. The first-order valence-corrected chi connectivity index (χ1v) is 8.91. The van der Waals surface area contributed by atoms with E-state index in [4.69, 9.17) is 4.74 Å². The number of aromatic nitrogens is 3. The number of hydrogen-bond donors (Lipinski definition) is 2. The molecule has 1 amide bonds. The van der Waals surface area contributed by atoms with Crippen molar-refractivity contribution in [2.24, 2.45) is 0 Å². The van der Waals surface area contributed by atoms with Crippen LogP contribution in [0.3, 0.4) is 0 Å². The Morgan fingerprint density at radius 1 is 1.27 bits per heavy atom. The molecule has 0 radical (unpaired) electrons. The summed E-state index contributed by atoms with van der Waals surface area (Å²) in [5.41, 5.74) is 3.31. The normalized spacial score (nSPS) is 10.8. The molecule has 0 atom stereocenters. The number of carbonyl (C=O) groups is 1. The molecule has 0 aliphatic carbocycles. The summed E-state index contributed by atoms with van der Waals surface area (Å²) < 4.78 is 5.19. The number of rotatable bonds is 5. The van der Waals surface area contributed by atoms with Gasteiger partial charge in [-0.05, 0) is 35.9 Å². The van der Waals surface area contributed by atoms with E-state index in [9.17, 15) is 4.79 Å². The van der Waals surface area contributed by atoms with Crippen LogP contribution in [0.25, 0.3) is 21.9 Å². The van der Waals surface area contributed by atoms with Gasteiger partial charge in [-0.2, -0.15) is 0 Å². The van der Waals surface area contributed by atoms with Gasteiger partial charge in [-0.25, -0.2) is 9.97 Å². The summed E-state index contributed by atoms with van der Waals surface area (Å²) in [5.74, 6) is 1.39. The number of amides is 1. The van der Waals surface area contributed by atoms with Gasteiger partial charge in [0.15, 0.2) is 10.8 Å². The largest absolute Gasteiger partial charge is 0.497 e. The van der Waals surface area contributed by atoms with Crippen molar-refractivity contribution in [3.8, 4) is 16.6 Å². The second-order valence-electron chi connectivity index (χ2n) is 5.73. The predicted molar refractivity (Wildman–Crippen MR) is 103 cm³/mol. The van der Waals surface area contributed by atoms with E-state index in [0.29, 0.717) is 0 Å².